The predicted octanol–water partition coefficient (Wildman–Crippen LogP) is 3.38. The molecule has 2 aromatic rings. The average Bonchev–Trinajstić information content (AvgIpc) is 2.80. The number of fused-ring (bicyclic) bond motifs is 1. The molecule has 0 spiro atoms. The third kappa shape index (κ3) is 3.32. The molecule has 0 radical (unpaired) electrons. The van der Waals surface area contributed by atoms with E-state index in [0.717, 1.165) is 0 Å². The van der Waals surface area contributed by atoms with Gasteiger partial charge in [-0.25, -0.2) is 9.78 Å². The maximum absolute atomic E-state index is 12.4. The van der Waals surface area contributed by atoms with Gasteiger partial charge in [0.1, 0.15) is 5.82 Å². The van der Waals surface area contributed by atoms with Gasteiger partial charge in [0.05, 0.1) is 16.1 Å². The lowest BCUT2D eigenvalue weighted by Gasteiger charge is -2.17. The molecular formula is C17H15ClN4O3. The van der Waals surface area contributed by atoms with Gasteiger partial charge < -0.3 is 5.32 Å². The van der Waals surface area contributed by atoms with E-state index in [1.54, 1.807) is 32.0 Å². The van der Waals surface area contributed by atoms with Crippen LogP contribution in [0.15, 0.2) is 36.5 Å². The highest BCUT2D eigenvalue weighted by Gasteiger charge is 2.37. The first kappa shape index (κ1) is 16.9. The molecular weight excluding hydrogens is 344 g/mol. The van der Waals surface area contributed by atoms with E-state index in [2.05, 4.69) is 15.6 Å². The molecule has 4 amide bonds. The highest BCUT2D eigenvalue weighted by Crippen LogP contribution is 2.27. The van der Waals surface area contributed by atoms with E-state index in [-0.39, 0.29) is 23.4 Å². The first-order valence-electron chi connectivity index (χ1n) is 7.58. The molecule has 1 aromatic heterocycles. The number of pyridine rings is 1. The van der Waals surface area contributed by atoms with Crippen LogP contribution in [0.5, 0.6) is 0 Å². The minimum atomic E-state index is -0.521. The first-order valence-corrected chi connectivity index (χ1v) is 7.96. The third-order valence-corrected chi connectivity index (χ3v) is 3.88. The number of aromatic nitrogens is 1. The van der Waals surface area contributed by atoms with Gasteiger partial charge >= 0.3 is 6.03 Å². The maximum Gasteiger partial charge on any atom is 0.324 e. The minimum absolute atomic E-state index is 0.233. The van der Waals surface area contributed by atoms with Gasteiger partial charge in [-0.1, -0.05) is 11.6 Å². The maximum atomic E-state index is 12.4. The van der Waals surface area contributed by atoms with Crippen molar-refractivity contribution in [3.8, 4) is 0 Å². The molecule has 0 saturated carbocycles. The Morgan fingerprint density at radius 3 is 2.44 bits per heavy atom. The number of nitrogens with zero attached hydrogens (tertiary/aromatic N) is 2. The SMILES string of the molecule is CC(C)N1C(=O)c2ccc(NC(=O)Nc3ccc(Cl)cn3)cc2C1=O. The van der Waals surface area contributed by atoms with Crippen LogP contribution in [0, 0.1) is 0 Å². The van der Waals surface area contributed by atoms with Crippen molar-refractivity contribution in [1.82, 2.24) is 9.88 Å². The molecule has 1 aliphatic heterocycles. The Morgan fingerprint density at radius 1 is 1.08 bits per heavy atom. The summed E-state index contributed by atoms with van der Waals surface area (Å²) in [6.07, 6.45) is 1.41. The van der Waals surface area contributed by atoms with E-state index >= 15 is 0 Å². The van der Waals surface area contributed by atoms with Crippen molar-refractivity contribution >= 4 is 41.0 Å². The summed E-state index contributed by atoms with van der Waals surface area (Å²) < 4.78 is 0. The van der Waals surface area contributed by atoms with Crippen molar-refractivity contribution in [2.24, 2.45) is 0 Å². The first-order chi connectivity index (χ1) is 11.9. The van der Waals surface area contributed by atoms with Crippen molar-refractivity contribution in [2.75, 3.05) is 10.6 Å². The lowest BCUT2D eigenvalue weighted by molar-refractivity contribution is 0.0609. The Morgan fingerprint density at radius 2 is 1.80 bits per heavy atom. The van der Waals surface area contributed by atoms with Crippen molar-refractivity contribution in [3.63, 3.8) is 0 Å². The number of carbonyl (C=O) groups is 3. The lowest BCUT2D eigenvalue weighted by atomic mass is 10.1. The van der Waals surface area contributed by atoms with Crippen LogP contribution in [0.4, 0.5) is 16.3 Å². The van der Waals surface area contributed by atoms with E-state index < -0.39 is 6.03 Å². The molecule has 8 heteroatoms. The van der Waals surface area contributed by atoms with Gasteiger partial charge in [-0.15, -0.1) is 0 Å². The zero-order valence-electron chi connectivity index (χ0n) is 13.5. The van der Waals surface area contributed by atoms with Gasteiger partial charge in [0.2, 0.25) is 0 Å². The summed E-state index contributed by atoms with van der Waals surface area (Å²) in [6, 6.07) is 7.01. The number of hydrogen-bond donors (Lipinski definition) is 2. The second-order valence-corrected chi connectivity index (χ2v) is 6.21. The van der Waals surface area contributed by atoms with Crippen LogP contribution in [0.3, 0.4) is 0 Å². The fourth-order valence-electron chi connectivity index (χ4n) is 2.53. The molecule has 128 valence electrons. The summed E-state index contributed by atoms with van der Waals surface area (Å²) >= 11 is 5.74. The summed E-state index contributed by atoms with van der Waals surface area (Å²) in [4.78, 5) is 41.8. The zero-order valence-corrected chi connectivity index (χ0v) is 14.3. The summed E-state index contributed by atoms with van der Waals surface area (Å²) in [6.45, 7) is 3.54. The minimum Gasteiger partial charge on any atom is -0.308 e. The number of anilines is 2. The van der Waals surface area contributed by atoms with E-state index in [1.165, 1.54) is 23.2 Å². The number of halogens is 1. The molecule has 0 saturated heterocycles. The van der Waals surface area contributed by atoms with E-state index in [0.29, 0.717) is 22.1 Å². The van der Waals surface area contributed by atoms with E-state index in [9.17, 15) is 14.4 Å². The standard InChI is InChI=1S/C17H15ClN4O3/c1-9(2)22-15(23)12-5-4-11(7-13(12)16(22)24)20-17(25)21-14-6-3-10(18)8-19-14/h3-9H,1-2H3,(H2,19,20,21,25). The Balaban J connectivity index is 1.75. The van der Waals surface area contributed by atoms with Gasteiger partial charge in [0.15, 0.2) is 0 Å². The van der Waals surface area contributed by atoms with Crippen LogP contribution in [0.1, 0.15) is 34.6 Å². The van der Waals surface area contributed by atoms with Gasteiger partial charge in [0.25, 0.3) is 11.8 Å². The van der Waals surface area contributed by atoms with E-state index in [4.69, 9.17) is 11.6 Å². The number of urea groups is 1. The van der Waals surface area contributed by atoms with Crippen molar-refractivity contribution in [1.29, 1.82) is 0 Å². The molecule has 0 fully saturated rings. The number of hydrogen-bond acceptors (Lipinski definition) is 4. The topological polar surface area (TPSA) is 91.4 Å². The summed E-state index contributed by atoms with van der Waals surface area (Å²) in [5.74, 6) is -0.352. The van der Waals surface area contributed by atoms with Crippen molar-refractivity contribution in [2.45, 2.75) is 19.9 Å². The van der Waals surface area contributed by atoms with Crippen molar-refractivity contribution < 1.29 is 14.4 Å². The average molecular weight is 359 g/mol. The monoisotopic (exact) mass is 358 g/mol. The molecule has 3 rings (SSSR count). The van der Waals surface area contributed by atoms with Crippen LogP contribution in [0.2, 0.25) is 5.02 Å². The largest absolute Gasteiger partial charge is 0.324 e. The summed E-state index contributed by atoms with van der Waals surface area (Å²) in [7, 11) is 0. The fraction of sp³-hybridized carbons (Fsp3) is 0.176. The van der Waals surface area contributed by atoms with Crippen molar-refractivity contribution in [3.05, 3.63) is 52.7 Å². The summed E-state index contributed by atoms with van der Waals surface area (Å²) in [5.41, 5.74) is 1.02. The molecule has 2 heterocycles. The Bertz CT molecular complexity index is 865. The fourth-order valence-corrected chi connectivity index (χ4v) is 2.65. The number of benzene rings is 1. The Kier molecular flexibility index (Phi) is 4.41. The second kappa shape index (κ2) is 6.52. The van der Waals surface area contributed by atoms with Crippen LogP contribution < -0.4 is 10.6 Å². The molecule has 0 atom stereocenters. The molecule has 7 nitrogen and oxygen atoms in total. The zero-order chi connectivity index (χ0) is 18.1. The molecule has 2 N–H and O–H groups in total. The molecule has 25 heavy (non-hydrogen) atoms. The van der Waals surface area contributed by atoms with Gasteiger partial charge in [0, 0.05) is 17.9 Å². The van der Waals surface area contributed by atoms with Crippen LogP contribution in [0.25, 0.3) is 0 Å². The van der Waals surface area contributed by atoms with Gasteiger partial charge in [-0.2, -0.15) is 0 Å². The normalized spacial score (nSPS) is 13.2. The van der Waals surface area contributed by atoms with Crippen LogP contribution >= 0.6 is 11.6 Å². The van der Waals surface area contributed by atoms with E-state index in [1.807, 2.05) is 0 Å². The Hall–Kier alpha value is -2.93. The molecule has 0 aliphatic carbocycles. The molecule has 1 aromatic carbocycles. The quantitative estimate of drug-likeness (QED) is 0.823. The third-order valence-electron chi connectivity index (χ3n) is 3.66. The van der Waals surface area contributed by atoms with Gasteiger partial charge in [-0.3, -0.25) is 19.8 Å². The van der Waals surface area contributed by atoms with Crippen LogP contribution in [-0.4, -0.2) is 33.8 Å². The lowest BCUT2D eigenvalue weighted by Crippen LogP contribution is -2.35. The van der Waals surface area contributed by atoms with Gasteiger partial charge in [-0.05, 0) is 44.2 Å². The molecule has 0 bridgehead atoms. The highest BCUT2D eigenvalue weighted by molar-refractivity contribution is 6.30. The number of rotatable bonds is 3. The molecule has 1 aliphatic rings. The molecule has 0 unspecified atom stereocenters. The number of nitrogens with one attached hydrogen (secondary N) is 2. The number of imide groups is 1. The Labute approximate surface area is 149 Å². The number of amides is 4. The van der Waals surface area contributed by atoms with Crippen LogP contribution in [-0.2, 0) is 0 Å². The summed E-state index contributed by atoms with van der Waals surface area (Å²) in [5, 5.41) is 5.62. The highest BCUT2D eigenvalue weighted by atomic mass is 35.5. The predicted molar refractivity (Wildman–Crippen MR) is 94.0 cm³/mol. The number of carbonyl (C=O) groups excluding carboxylic acids is 3. The second-order valence-electron chi connectivity index (χ2n) is 5.78. The smallest absolute Gasteiger partial charge is 0.308 e.